The van der Waals surface area contributed by atoms with Crippen molar-refractivity contribution in [2.24, 2.45) is 5.92 Å². The maximum atomic E-state index is 12.4. The number of benzene rings is 1. The lowest BCUT2D eigenvalue weighted by atomic mass is 10.1. The van der Waals surface area contributed by atoms with Gasteiger partial charge in [-0.3, -0.25) is 0 Å². The summed E-state index contributed by atoms with van der Waals surface area (Å²) in [6.07, 6.45) is 0.648. The number of carbonyl (C=O) groups is 2. The van der Waals surface area contributed by atoms with Crippen LogP contribution in [-0.4, -0.2) is 68.9 Å². The number of methoxy groups -OCH3 is 2. The van der Waals surface area contributed by atoms with Crippen LogP contribution in [0.5, 0.6) is 11.5 Å². The van der Waals surface area contributed by atoms with E-state index in [4.69, 9.17) is 14.2 Å². The second-order valence-corrected chi connectivity index (χ2v) is 6.51. The fourth-order valence-electron chi connectivity index (χ4n) is 3.35. The summed E-state index contributed by atoms with van der Waals surface area (Å²) in [5.41, 5.74) is 0.937. The first-order valence-corrected chi connectivity index (χ1v) is 8.76. The summed E-state index contributed by atoms with van der Waals surface area (Å²) >= 11 is 0. The Kier molecular flexibility index (Phi) is 5.70. The van der Waals surface area contributed by atoms with Gasteiger partial charge in [-0.1, -0.05) is 6.07 Å². The molecule has 3 rings (SSSR count). The first kappa shape index (κ1) is 18.2. The van der Waals surface area contributed by atoms with Crippen molar-refractivity contribution in [2.45, 2.75) is 13.0 Å². The van der Waals surface area contributed by atoms with E-state index in [0.29, 0.717) is 56.7 Å². The van der Waals surface area contributed by atoms with Crippen LogP contribution in [0.2, 0.25) is 0 Å². The molecule has 0 radical (unpaired) electrons. The lowest BCUT2D eigenvalue weighted by Gasteiger charge is -2.20. The van der Waals surface area contributed by atoms with Crippen LogP contribution in [0, 0.1) is 5.92 Å². The number of carbonyl (C=O) groups excluding carboxylic acids is 2. The van der Waals surface area contributed by atoms with E-state index in [1.165, 1.54) is 0 Å². The Balaban J connectivity index is 1.47. The molecule has 1 aromatic rings. The van der Waals surface area contributed by atoms with Crippen LogP contribution in [0.4, 0.5) is 9.59 Å². The zero-order chi connectivity index (χ0) is 18.5. The van der Waals surface area contributed by atoms with Gasteiger partial charge < -0.3 is 29.3 Å². The third-order valence-electron chi connectivity index (χ3n) is 4.79. The van der Waals surface area contributed by atoms with Crippen LogP contribution < -0.4 is 14.8 Å². The first-order valence-electron chi connectivity index (χ1n) is 8.76. The number of cyclic esters (lactones) is 1. The molecule has 0 aromatic heterocycles. The van der Waals surface area contributed by atoms with E-state index in [0.717, 1.165) is 12.0 Å². The van der Waals surface area contributed by atoms with Gasteiger partial charge in [0.1, 0.15) is 6.61 Å². The summed E-state index contributed by atoms with van der Waals surface area (Å²) in [6, 6.07) is 5.48. The van der Waals surface area contributed by atoms with Crippen LogP contribution >= 0.6 is 0 Å². The van der Waals surface area contributed by atoms with Crippen LogP contribution in [0.1, 0.15) is 12.0 Å². The lowest BCUT2D eigenvalue weighted by molar-refractivity contribution is 0.154. The number of amides is 3. The standard InChI is InChI=1S/C18H25N3O5/c1-24-15-4-3-13(9-16(15)25-2)10-19-17(22)20-6-5-14(11-20)12-21-7-8-26-18(21)23/h3-4,9,14H,5-8,10-12H2,1-2H3,(H,19,22). The van der Waals surface area contributed by atoms with Crippen molar-refractivity contribution in [2.75, 3.05) is 47.0 Å². The lowest BCUT2D eigenvalue weighted by Crippen LogP contribution is -2.39. The van der Waals surface area contributed by atoms with Gasteiger partial charge in [0.25, 0.3) is 0 Å². The Morgan fingerprint density at radius 2 is 2.08 bits per heavy atom. The van der Waals surface area contributed by atoms with E-state index in [1.54, 1.807) is 24.0 Å². The van der Waals surface area contributed by atoms with Crippen molar-refractivity contribution in [3.05, 3.63) is 23.8 Å². The molecule has 2 fully saturated rings. The van der Waals surface area contributed by atoms with E-state index in [9.17, 15) is 9.59 Å². The van der Waals surface area contributed by atoms with Crippen molar-refractivity contribution in [1.29, 1.82) is 0 Å². The number of rotatable bonds is 6. The Hall–Kier alpha value is -2.64. The van der Waals surface area contributed by atoms with E-state index in [-0.39, 0.29) is 12.1 Å². The summed E-state index contributed by atoms with van der Waals surface area (Å²) in [7, 11) is 3.17. The van der Waals surface area contributed by atoms with Gasteiger partial charge in [0, 0.05) is 26.2 Å². The average molecular weight is 363 g/mol. The second kappa shape index (κ2) is 8.16. The zero-order valence-electron chi connectivity index (χ0n) is 15.2. The van der Waals surface area contributed by atoms with E-state index in [1.807, 2.05) is 18.2 Å². The van der Waals surface area contributed by atoms with Crippen LogP contribution in [0.3, 0.4) is 0 Å². The molecule has 26 heavy (non-hydrogen) atoms. The Bertz CT molecular complexity index is 666. The molecule has 1 atom stereocenters. The van der Waals surface area contributed by atoms with Gasteiger partial charge in [0.15, 0.2) is 11.5 Å². The monoisotopic (exact) mass is 363 g/mol. The van der Waals surface area contributed by atoms with Crippen molar-refractivity contribution in [1.82, 2.24) is 15.1 Å². The molecule has 2 heterocycles. The minimum absolute atomic E-state index is 0.0914. The normalized spacial score (nSPS) is 19.5. The molecule has 2 aliphatic rings. The van der Waals surface area contributed by atoms with E-state index < -0.39 is 0 Å². The quantitative estimate of drug-likeness (QED) is 0.832. The van der Waals surface area contributed by atoms with Gasteiger partial charge >= 0.3 is 12.1 Å². The van der Waals surface area contributed by atoms with Gasteiger partial charge in [-0.25, -0.2) is 9.59 Å². The van der Waals surface area contributed by atoms with Gasteiger partial charge in [-0.2, -0.15) is 0 Å². The molecule has 8 nitrogen and oxygen atoms in total. The minimum atomic E-state index is -0.249. The average Bonchev–Trinajstić information content (AvgIpc) is 3.29. The van der Waals surface area contributed by atoms with Gasteiger partial charge in [-0.05, 0) is 30.0 Å². The Morgan fingerprint density at radius 1 is 1.27 bits per heavy atom. The zero-order valence-corrected chi connectivity index (χ0v) is 15.2. The molecule has 1 unspecified atom stereocenters. The van der Waals surface area contributed by atoms with Crippen molar-refractivity contribution in [3.8, 4) is 11.5 Å². The van der Waals surface area contributed by atoms with Crippen molar-refractivity contribution in [3.63, 3.8) is 0 Å². The number of likely N-dealkylation sites (tertiary alicyclic amines) is 1. The van der Waals surface area contributed by atoms with Gasteiger partial charge in [-0.15, -0.1) is 0 Å². The third-order valence-corrected chi connectivity index (χ3v) is 4.79. The van der Waals surface area contributed by atoms with Crippen molar-refractivity contribution < 1.29 is 23.8 Å². The highest BCUT2D eigenvalue weighted by Crippen LogP contribution is 2.27. The number of ether oxygens (including phenoxy) is 3. The highest BCUT2D eigenvalue weighted by atomic mass is 16.6. The molecule has 0 bridgehead atoms. The van der Waals surface area contributed by atoms with Crippen molar-refractivity contribution >= 4 is 12.1 Å². The number of nitrogens with zero attached hydrogens (tertiary/aromatic N) is 2. The largest absolute Gasteiger partial charge is 0.493 e. The molecule has 0 spiro atoms. The van der Waals surface area contributed by atoms with E-state index >= 15 is 0 Å². The summed E-state index contributed by atoms with van der Waals surface area (Å²) in [5, 5.41) is 2.94. The smallest absolute Gasteiger partial charge is 0.409 e. The topological polar surface area (TPSA) is 80.3 Å². The van der Waals surface area contributed by atoms with Crippen LogP contribution in [0.25, 0.3) is 0 Å². The van der Waals surface area contributed by atoms with E-state index in [2.05, 4.69) is 5.32 Å². The maximum Gasteiger partial charge on any atom is 0.409 e. The highest BCUT2D eigenvalue weighted by Gasteiger charge is 2.31. The highest BCUT2D eigenvalue weighted by molar-refractivity contribution is 5.74. The summed E-state index contributed by atoms with van der Waals surface area (Å²) in [5.74, 6) is 1.59. The Morgan fingerprint density at radius 3 is 2.77 bits per heavy atom. The molecular weight excluding hydrogens is 338 g/mol. The molecule has 3 amide bonds. The molecule has 2 saturated heterocycles. The molecule has 0 saturated carbocycles. The molecule has 142 valence electrons. The second-order valence-electron chi connectivity index (χ2n) is 6.51. The maximum absolute atomic E-state index is 12.4. The predicted octanol–water partition coefficient (Wildman–Crippen LogP) is 1.69. The van der Waals surface area contributed by atoms with Gasteiger partial charge in [0.05, 0.1) is 20.8 Å². The summed E-state index contributed by atoms with van der Waals surface area (Å²) in [6.45, 7) is 3.52. The van der Waals surface area contributed by atoms with Gasteiger partial charge in [0.2, 0.25) is 0 Å². The third kappa shape index (κ3) is 4.12. The van der Waals surface area contributed by atoms with Crippen LogP contribution in [0.15, 0.2) is 18.2 Å². The molecule has 1 aromatic carbocycles. The minimum Gasteiger partial charge on any atom is -0.493 e. The molecule has 1 N–H and O–H groups in total. The first-order chi connectivity index (χ1) is 12.6. The number of hydrogen-bond acceptors (Lipinski definition) is 5. The number of nitrogens with one attached hydrogen (secondary N) is 1. The number of hydrogen-bond donors (Lipinski definition) is 1. The fraction of sp³-hybridized carbons (Fsp3) is 0.556. The SMILES string of the molecule is COc1ccc(CNC(=O)N2CCC(CN3CCOC3=O)C2)cc1OC. The molecule has 2 aliphatic heterocycles. The fourth-order valence-corrected chi connectivity index (χ4v) is 3.35. The Labute approximate surface area is 153 Å². The molecule has 8 heteroatoms. The molecular formula is C18H25N3O5. The summed E-state index contributed by atoms with van der Waals surface area (Å²) < 4.78 is 15.4. The summed E-state index contributed by atoms with van der Waals surface area (Å²) in [4.78, 5) is 27.4. The van der Waals surface area contributed by atoms with Crippen LogP contribution in [-0.2, 0) is 11.3 Å². The number of urea groups is 1. The predicted molar refractivity (Wildman–Crippen MR) is 94.4 cm³/mol. The molecule has 0 aliphatic carbocycles.